The fraction of sp³-hybridized carbons (Fsp3) is 0.154. The fourth-order valence-electron chi connectivity index (χ4n) is 1.64. The third-order valence-electron chi connectivity index (χ3n) is 2.67. The second-order valence-corrected chi connectivity index (χ2v) is 4.03. The first-order chi connectivity index (χ1) is 9.52. The molecule has 0 aliphatic rings. The Bertz CT molecular complexity index is 720. The molecule has 0 spiro atoms. The number of para-hydroxylation sites is 1. The molecule has 3 N–H and O–H groups in total. The van der Waals surface area contributed by atoms with E-state index in [1.54, 1.807) is 24.3 Å². The van der Waals surface area contributed by atoms with E-state index in [1.807, 2.05) is 5.32 Å². The topological polar surface area (TPSA) is 117 Å². The average molecular weight is 277 g/mol. The van der Waals surface area contributed by atoms with Gasteiger partial charge in [0.2, 0.25) is 0 Å². The molecule has 1 amide bonds. The van der Waals surface area contributed by atoms with Crippen LogP contribution in [-0.4, -0.2) is 34.7 Å². The predicted octanol–water partition coefficient (Wildman–Crippen LogP) is -0.0317. The predicted molar refractivity (Wildman–Crippen MR) is 68.5 cm³/mol. The summed E-state index contributed by atoms with van der Waals surface area (Å²) in [6.07, 6.45) is 0. The Morgan fingerprint density at radius 3 is 2.65 bits per heavy atom. The quantitative estimate of drug-likeness (QED) is 0.675. The van der Waals surface area contributed by atoms with Crippen LogP contribution in [0.15, 0.2) is 39.5 Å². The van der Waals surface area contributed by atoms with Crippen molar-refractivity contribution in [2.45, 2.75) is 6.04 Å². The van der Waals surface area contributed by atoms with Crippen molar-refractivity contribution in [1.29, 1.82) is 0 Å². The number of aliphatic carboxylic acids is 1. The number of carboxylic acid groups (broad SMARTS) is 1. The Morgan fingerprint density at radius 2 is 2.00 bits per heavy atom. The van der Waals surface area contributed by atoms with Crippen LogP contribution in [0.5, 0.6) is 0 Å². The van der Waals surface area contributed by atoms with Crippen LogP contribution in [0.3, 0.4) is 0 Å². The van der Waals surface area contributed by atoms with E-state index in [4.69, 9.17) is 14.6 Å². The molecule has 0 radical (unpaired) electrons. The maximum Gasteiger partial charge on any atom is 0.349 e. The van der Waals surface area contributed by atoms with Crippen LogP contribution in [0.25, 0.3) is 11.0 Å². The summed E-state index contributed by atoms with van der Waals surface area (Å²) in [6, 6.07) is 6.44. The number of benzene rings is 1. The maximum atomic E-state index is 11.8. The second-order valence-electron chi connectivity index (χ2n) is 4.03. The standard InChI is InChI=1S/C13H11NO6/c15-6-9(12(17)18)14-11(16)8-5-7-3-1-2-4-10(7)20-13(8)19/h1-5,9,15H,6H2,(H,14,16)(H,17,18)/t9-/m1/s1. The summed E-state index contributed by atoms with van der Waals surface area (Å²) in [5.74, 6) is -2.31. The van der Waals surface area contributed by atoms with Crippen molar-refractivity contribution in [2.75, 3.05) is 6.61 Å². The van der Waals surface area contributed by atoms with Gasteiger partial charge in [0.1, 0.15) is 11.1 Å². The van der Waals surface area contributed by atoms with Gasteiger partial charge >= 0.3 is 11.6 Å². The van der Waals surface area contributed by atoms with Crippen molar-refractivity contribution in [2.24, 2.45) is 0 Å². The largest absolute Gasteiger partial charge is 0.480 e. The minimum Gasteiger partial charge on any atom is -0.480 e. The number of nitrogens with one attached hydrogen (secondary N) is 1. The highest BCUT2D eigenvalue weighted by Gasteiger charge is 2.22. The number of fused-ring (bicyclic) bond motifs is 1. The summed E-state index contributed by atoms with van der Waals surface area (Å²) in [5.41, 5.74) is -0.863. The number of amides is 1. The van der Waals surface area contributed by atoms with Gasteiger partial charge in [0.15, 0.2) is 6.04 Å². The van der Waals surface area contributed by atoms with E-state index in [-0.39, 0.29) is 5.56 Å². The van der Waals surface area contributed by atoms with Gasteiger partial charge in [-0.15, -0.1) is 0 Å². The van der Waals surface area contributed by atoms with Gasteiger partial charge in [-0.05, 0) is 12.1 Å². The molecule has 2 aromatic rings. The molecule has 20 heavy (non-hydrogen) atoms. The molecule has 0 aliphatic carbocycles. The first-order valence-electron chi connectivity index (χ1n) is 5.70. The summed E-state index contributed by atoms with van der Waals surface area (Å²) >= 11 is 0. The SMILES string of the molecule is O=C(N[C@H](CO)C(=O)O)c1cc2ccccc2oc1=O. The first kappa shape index (κ1) is 13.8. The Kier molecular flexibility index (Phi) is 3.81. The zero-order valence-corrected chi connectivity index (χ0v) is 10.2. The molecule has 7 nitrogen and oxygen atoms in total. The Balaban J connectivity index is 2.37. The lowest BCUT2D eigenvalue weighted by Gasteiger charge is -2.11. The summed E-state index contributed by atoms with van der Waals surface area (Å²) < 4.78 is 4.96. The monoisotopic (exact) mass is 277 g/mol. The van der Waals surface area contributed by atoms with Crippen LogP contribution in [-0.2, 0) is 4.79 Å². The van der Waals surface area contributed by atoms with E-state index in [0.29, 0.717) is 11.0 Å². The molecule has 0 fully saturated rings. The summed E-state index contributed by atoms with van der Waals surface area (Å²) in [5, 5.41) is 20.1. The van der Waals surface area contributed by atoms with Crippen molar-refractivity contribution in [3.8, 4) is 0 Å². The Labute approximate surface area is 112 Å². The molecule has 0 aliphatic heterocycles. The lowest BCUT2D eigenvalue weighted by Crippen LogP contribution is -2.44. The first-order valence-corrected chi connectivity index (χ1v) is 5.70. The number of aliphatic hydroxyl groups is 1. The van der Waals surface area contributed by atoms with Crippen molar-refractivity contribution in [3.05, 3.63) is 46.3 Å². The molecular formula is C13H11NO6. The molecule has 0 saturated heterocycles. The van der Waals surface area contributed by atoms with Crippen LogP contribution < -0.4 is 10.9 Å². The highest BCUT2D eigenvalue weighted by atomic mass is 16.4. The highest BCUT2D eigenvalue weighted by Crippen LogP contribution is 2.12. The van der Waals surface area contributed by atoms with Gasteiger partial charge in [0.25, 0.3) is 5.91 Å². The molecule has 104 valence electrons. The van der Waals surface area contributed by atoms with Gasteiger partial charge in [-0.25, -0.2) is 9.59 Å². The van der Waals surface area contributed by atoms with Crippen molar-refractivity contribution in [3.63, 3.8) is 0 Å². The van der Waals surface area contributed by atoms with E-state index < -0.39 is 30.2 Å². The fourth-order valence-corrected chi connectivity index (χ4v) is 1.64. The number of hydrogen-bond donors (Lipinski definition) is 3. The van der Waals surface area contributed by atoms with Gasteiger partial charge in [0.05, 0.1) is 6.61 Å². The van der Waals surface area contributed by atoms with Gasteiger partial charge in [0, 0.05) is 5.39 Å². The third-order valence-corrected chi connectivity index (χ3v) is 2.67. The lowest BCUT2D eigenvalue weighted by molar-refractivity contribution is -0.140. The smallest absolute Gasteiger partial charge is 0.349 e. The van der Waals surface area contributed by atoms with Gasteiger partial charge in [-0.3, -0.25) is 4.79 Å². The van der Waals surface area contributed by atoms with Crippen molar-refractivity contribution >= 4 is 22.8 Å². The highest BCUT2D eigenvalue weighted by molar-refractivity contribution is 5.98. The number of aliphatic hydroxyl groups excluding tert-OH is 1. The molecule has 1 atom stereocenters. The maximum absolute atomic E-state index is 11.8. The van der Waals surface area contributed by atoms with E-state index in [1.165, 1.54) is 6.07 Å². The normalized spacial score (nSPS) is 12.1. The Hall–Kier alpha value is -2.67. The van der Waals surface area contributed by atoms with Gasteiger partial charge in [-0.1, -0.05) is 18.2 Å². The van der Waals surface area contributed by atoms with Crippen molar-refractivity contribution in [1.82, 2.24) is 5.32 Å². The van der Waals surface area contributed by atoms with E-state index in [0.717, 1.165) is 0 Å². The van der Waals surface area contributed by atoms with Crippen molar-refractivity contribution < 1.29 is 24.2 Å². The summed E-state index contributed by atoms with van der Waals surface area (Å²) in [7, 11) is 0. The minimum atomic E-state index is -1.48. The molecule has 1 aromatic heterocycles. The average Bonchev–Trinajstić information content (AvgIpc) is 2.43. The number of carbonyl (C=O) groups excluding carboxylic acids is 1. The number of carboxylic acids is 1. The van der Waals surface area contributed by atoms with E-state index >= 15 is 0 Å². The second kappa shape index (κ2) is 5.54. The van der Waals surface area contributed by atoms with Crippen LogP contribution in [0.1, 0.15) is 10.4 Å². The molecule has 1 heterocycles. The summed E-state index contributed by atoms with van der Waals surface area (Å²) in [6.45, 7) is -0.778. The number of hydrogen-bond acceptors (Lipinski definition) is 5. The minimum absolute atomic E-state index is 0.316. The molecule has 0 unspecified atom stereocenters. The molecule has 1 aromatic carbocycles. The lowest BCUT2D eigenvalue weighted by atomic mass is 10.1. The number of carbonyl (C=O) groups is 2. The zero-order chi connectivity index (χ0) is 14.7. The number of rotatable bonds is 4. The van der Waals surface area contributed by atoms with Crippen LogP contribution in [0.2, 0.25) is 0 Å². The molecule has 7 heteroatoms. The van der Waals surface area contributed by atoms with Crippen LogP contribution >= 0.6 is 0 Å². The van der Waals surface area contributed by atoms with Gasteiger partial charge in [-0.2, -0.15) is 0 Å². The zero-order valence-electron chi connectivity index (χ0n) is 10.2. The van der Waals surface area contributed by atoms with E-state index in [9.17, 15) is 14.4 Å². The Morgan fingerprint density at radius 1 is 1.30 bits per heavy atom. The summed E-state index contributed by atoms with van der Waals surface area (Å²) in [4.78, 5) is 34.2. The van der Waals surface area contributed by atoms with Crippen LogP contribution in [0, 0.1) is 0 Å². The van der Waals surface area contributed by atoms with Crippen LogP contribution in [0.4, 0.5) is 0 Å². The third kappa shape index (κ3) is 2.67. The van der Waals surface area contributed by atoms with E-state index in [2.05, 4.69) is 0 Å². The molecule has 0 saturated carbocycles. The molecule has 2 rings (SSSR count). The molecule has 0 bridgehead atoms. The van der Waals surface area contributed by atoms with Gasteiger partial charge < -0.3 is 19.9 Å². The molecular weight excluding hydrogens is 266 g/mol.